The summed E-state index contributed by atoms with van der Waals surface area (Å²) in [6.45, 7) is 8.66. The van der Waals surface area contributed by atoms with Crippen molar-refractivity contribution in [2.75, 3.05) is 0 Å². The van der Waals surface area contributed by atoms with Crippen molar-refractivity contribution < 1.29 is 9.90 Å². The molecule has 0 unspecified atom stereocenters. The molecule has 0 saturated heterocycles. The monoisotopic (exact) mass is 356 g/mol. The molecule has 0 aromatic carbocycles. The smallest absolute Gasteiger partial charge is 0.237 e. The lowest BCUT2D eigenvalue weighted by Crippen LogP contribution is -2.49. The summed E-state index contributed by atoms with van der Waals surface area (Å²) in [5, 5.41) is 12.6. The van der Waals surface area contributed by atoms with Crippen molar-refractivity contribution in [3.8, 4) is 0 Å². The molecule has 4 N–H and O–H groups in total. The van der Waals surface area contributed by atoms with E-state index in [0.29, 0.717) is 0 Å². The van der Waals surface area contributed by atoms with Gasteiger partial charge in [-0.3, -0.25) is 4.79 Å². The van der Waals surface area contributed by atoms with Gasteiger partial charge in [0.05, 0.1) is 18.2 Å². The quantitative estimate of drug-likeness (QED) is 0.660. The molecular weight excluding hydrogens is 336 g/mol. The molecule has 27 heavy (non-hydrogen) atoms. The van der Waals surface area contributed by atoms with Gasteiger partial charge in [0.25, 0.3) is 0 Å². The first-order valence-corrected chi connectivity index (χ1v) is 8.00. The number of hydrogen-bond donors (Lipinski definition) is 3. The lowest BCUT2D eigenvalue weighted by molar-refractivity contribution is -0.124. The van der Waals surface area contributed by atoms with Gasteiger partial charge in [0, 0.05) is 0 Å². The fraction of sp³-hybridized carbons (Fsp3) is 0.304. The van der Waals surface area contributed by atoms with Crippen LogP contribution in [0, 0.1) is 5.92 Å². The average Bonchev–Trinajstić information content (AvgIpc) is 2.64. The van der Waals surface area contributed by atoms with Crippen molar-refractivity contribution in [3.63, 3.8) is 0 Å². The Morgan fingerprint density at radius 1 is 0.926 bits per heavy atom. The minimum atomic E-state index is -0.945. The molecule has 0 aromatic heterocycles. The van der Waals surface area contributed by atoms with Crippen molar-refractivity contribution >= 4 is 5.91 Å². The van der Waals surface area contributed by atoms with Crippen molar-refractivity contribution in [3.05, 3.63) is 87.2 Å². The molecule has 0 heterocycles. The first-order chi connectivity index (χ1) is 12.9. The van der Waals surface area contributed by atoms with Gasteiger partial charge in [-0.25, -0.2) is 0 Å². The van der Waals surface area contributed by atoms with Crippen molar-refractivity contribution in [1.82, 2.24) is 5.32 Å². The standard InChI is InChI=1S/C23H20N2O2/c1-5-6-7-8-9-10-11-12-13-14-15-16-17-18-21(26)20(4)25-23(27)22(24)19(2)3/h18-22,26H,1,24H2,2-4H3,(H,25,27)/t20-,21-,22-/m0/s1. The number of carbonyl (C=O) groups excluding carboxylic acids is 1. The Morgan fingerprint density at radius 2 is 1.37 bits per heavy atom. The van der Waals surface area contributed by atoms with E-state index in [1.54, 1.807) is 6.92 Å². The number of hydrogen-bond acceptors (Lipinski definition) is 3. The first-order valence-electron chi connectivity index (χ1n) is 8.00. The summed E-state index contributed by atoms with van der Waals surface area (Å²) in [5.74, 6) is -0.305. The van der Waals surface area contributed by atoms with E-state index < -0.39 is 18.2 Å². The van der Waals surface area contributed by atoms with Gasteiger partial charge >= 0.3 is 0 Å². The number of rotatable bonds is 5. The zero-order valence-electron chi connectivity index (χ0n) is 15.5. The van der Waals surface area contributed by atoms with Gasteiger partial charge in [-0.1, -0.05) is 25.3 Å². The number of carbonyl (C=O) groups is 1. The molecule has 134 valence electrons. The summed E-state index contributed by atoms with van der Waals surface area (Å²) in [4.78, 5) is 11.8. The minimum absolute atomic E-state index is 0.0100. The zero-order chi connectivity index (χ0) is 20.5. The molecule has 0 fully saturated rings. The summed E-state index contributed by atoms with van der Waals surface area (Å²) in [7, 11) is 0. The number of amides is 1. The van der Waals surface area contributed by atoms with E-state index in [-0.39, 0.29) is 11.8 Å². The van der Waals surface area contributed by atoms with Crippen LogP contribution in [0.5, 0.6) is 0 Å². The molecular formula is C23H20N2O2. The normalized spacial score (nSPS) is 10.9. The molecule has 0 aliphatic heterocycles. The summed E-state index contributed by atoms with van der Waals surface area (Å²) in [5.41, 5.74) is 38.0. The van der Waals surface area contributed by atoms with Crippen LogP contribution in [0.15, 0.2) is 87.2 Å². The molecule has 0 rings (SSSR count). The average molecular weight is 356 g/mol. The van der Waals surface area contributed by atoms with E-state index in [1.165, 1.54) is 6.08 Å². The van der Waals surface area contributed by atoms with Crippen LogP contribution < -0.4 is 11.1 Å². The minimum Gasteiger partial charge on any atom is -0.386 e. The second-order valence-corrected chi connectivity index (χ2v) is 5.42. The summed E-state index contributed by atoms with van der Waals surface area (Å²) in [6.07, 6.45) is 0.394. The Morgan fingerprint density at radius 3 is 1.81 bits per heavy atom. The third kappa shape index (κ3) is 12.3. The van der Waals surface area contributed by atoms with Crippen LogP contribution in [0.25, 0.3) is 0 Å². The topological polar surface area (TPSA) is 75.3 Å². The Kier molecular flexibility index (Phi) is 12.6. The molecule has 3 atom stereocenters. The van der Waals surface area contributed by atoms with Crippen LogP contribution in [0.4, 0.5) is 0 Å². The summed E-state index contributed by atoms with van der Waals surface area (Å²) < 4.78 is 0. The maximum atomic E-state index is 11.8. The van der Waals surface area contributed by atoms with Crippen LogP contribution in [0.3, 0.4) is 0 Å². The molecule has 0 bridgehead atoms. The van der Waals surface area contributed by atoms with Gasteiger partial charge in [-0.15, -0.1) is 0 Å². The van der Waals surface area contributed by atoms with E-state index in [2.05, 4.69) is 86.4 Å². The number of nitrogens with two attached hydrogens (primary N) is 1. The zero-order valence-corrected chi connectivity index (χ0v) is 15.5. The maximum Gasteiger partial charge on any atom is 0.237 e. The predicted octanol–water partition coefficient (Wildman–Crippen LogP) is 2.04. The van der Waals surface area contributed by atoms with Gasteiger partial charge in [0.2, 0.25) is 5.91 Å². The lowest BCUT2D eigenvalue weighted by atomic mass is 10.0. The third-order valence-electron chi connectivity index (χ3n) is 2.94. The van der Waals surface area contributed by atoms with Gasteiger partial charge in [0.15, 0.2) is 0 Å². The molecule has 4 heteroatoms. The first kappa shape index (κ1) is 23.3. The van der Waals surface area contributed by atoms with Crippen molar-refractivity contribution in [2.45, 2.75) is 39.0 Å². The molecule has 0 aliphatic rings. The van der Waals surface area contributed by atoms with E-state index in [0.717, 1.165) is 0 Å². The summed E-state index contributed by atoms with van der Waals surface area (Å²) in [6, 6.07) is -1.14. The second kappa shape index (κ2) is 14.6. The Hall–Kier alpha value is -3.73. The van der Waals surface area contributed by atoms with Gasteiger partial charge < -0.3 is 16.2 Å². The second-order valence-electron chi connectivity index (χ2n) is 5.42. The van der Waals surface area contributed by atoms with Gasteiger partial charge in [-0.2, -0.15) is 0 Å². The van der Waals surface area contributed by atoms with E-state index in [1.807, 2.05) is 13.8 Å². The van der Waals surface area contributed by atoms with E-state index in [9.17, 15) is 9.90 Å². The lowest BCUT2D eigenvalue weighted by Gasteiger charge is -2.21. The third-order valence-corrected chi connectivity index (χ3v) is 2.94. The molecule has 0 radical (unpaired) electrons. The van der Waals surface area contributed by atoms with E-state index in [4.69, 9.17) is 5.73 Å². The highest BCUT2D eigenvalue weighted by atomic mass is 16.3. The summed E-state index contributed by atoms with van der Waals surface area (Å²) >= 11 is 0. The molecule has 0 saturated carbocycles. The molecule has 4 nitrogen and oxygen atoms in total. The van der Waals surface area contributed by atoms with Crippen LogP contribution in [-0.2, 0) is 4.79 Å². The number of aliphatic hydroxyl groups is 1. The fourth-order valence-electron chi connectivity index (χ4n) is 1.34. The Balaban J connectivity index is 5.22. The highest BCUT2D eigenvalue weighted by Gasteiger charge is 2.21. The van der Waals surface area contributed by atoms with Gasteiger partial charge in [-0.05, 0) is 88.5 Å². The SMILES string of the molecule is C=C=C=C=C=C=C=C=C=C=C=C=C=C=C[C@H](O)[C@H](C)NC(=O)[C@@H](N)C(C)C. The van der Waals surface area contributed by atoms with Crippen molar-refractivity contribution in [2.24, 2.45) is 11.7 Å². The maximum absolute atomic E-state index is 11.8. The van der Waals surface area contributed by atoms with Gasteiger partial charge in [0.1, 0.15) is 0 Å². The van der Waals surface area contributed by atoms with Crippen molar-refractivity contribution in [1.29, 1.82) is 0 Å². The highest BCUT2D eigenvalue weighted by Crippen LogP contribution is 2.00. The Labute approximate surface area is 159 Å². The van der Waals surface area contributed by atoms with Crippen LogP contribution >= 0.6 is 0 Å². The number of nitrogens with one attached hydrogen (secondary N) is 1. The molecule has 0 aliphatic carbocycles. The molecule has 0 spiro atoms. The number of aliphatic hydroxyl groups excluding tert-OH is 1. The van der Waals surface area contributed by atoms with Crippen LogP contribution in [0.2, 0.25) is 0 Å². The predicted molar refractivity (Wildman–Crippen MR) is 102 cm³/mol. The van der Waals surface area contributed by atoms with Crippen LogP contribution in [0.1, 0.15) is 20.8 Å². The van der Waals surface area contributed by atoms with E-state index >= 15 is 0 Å². The Bertz CT molecular complexity index is 1030. The highest BCUT2D eigenvalue weighted by molar-refractivity contribution is 5.82. The molecule has 0 aromatic rings. The molecule has 1 amide bonds. The largest absolute Gasteiger partial charge is 0.386 e. The van der Waals surface area contributed by atoms with Crippen LogP contribution in [-0.4, -0.2) is 29.2 Å². The fourth-order valence-corrected chi connectivity index (χ4v) is 1.34.